The average Bonchev–Trinajstić information content (AvgIpc) is 2.69. The zero-order valence-electron chi connectivity index (χ0n) is 14.9. The summed E-state index contributed by atoms with van der Waals surface area (Å²) >= 11 is 1.73. The van der Waals surface area contributed by atoms with Gasteiger partial charge in [-0.3, -0.25) is 4.79 Å². The highest BCUT2D eigenvalue weighted by Crippen LogP contribution is 2.16. The fourth-order valence-electron chi connectivity index (χ4n) is 2.64. The monoisotopic (exact) mass is 365 g/mol. The maximum Gasteiger partial charge on any atom is 0.268 e. The number of aryl methyl sites for hydroxylation is 1. The van der Waals surface area contributed by atoms with Crippen LogP contribution in [0.1, 0.15) is 5.56 Å². The van der Waals surface area contributed by atoms with Crippen LogP contribution >= 0.6 is 11.8 Å². The van der Waals surface area contributed by atoms with Crippen LogP contribution in [0, 0.1) is 0 Å². The summed E-state index contributed by atoms with van der Waals surface area (Å²) < 4.78 is 1.53. The van der Waals surface area contributed by atoms with Crippen LogP contribution in [0.25, 0.3) is 0 Å². The normalized spacial score (nSPS) is 10.7. The standard InChI is InChI=1S/C21H23N3OS/c1-23(13-12-18-8-4-2-5-9-18)19-16-21(25)24(22-17-19)14-15-26-20-10-6-3-7-11-20/h2-11,16-17H,12-15H2,1H3. The van der Waals surface area contributed by atoms with Gasteiger partial charge in [0.25, 0.3) is 5.56 Å². The van der Waals surface area contributed by atoms with Gasteiger partial charge in [-0.05, 0) is 24.1 Å². The zero-order chi connectivity index (χ0) is 18.2. The summed E-state index contributed by atoms with van der Waals surface area (Å²) in [6.07, 6.45) is 2.72. The van der Waals surface area contributed by atoms with Crippen LogP contribution in [0.15, 0.2) is 82.6 Å². The molecule has 0 radical (unpaired) electrons. The minimum absolute atomic E-state index is 0.0530. The number of benzene rings is 2. The fourth-order valence-corrected chi connectivity index (χ4v) is 3.49. The molecule has 0 aliphatic rings. The predicted octanol–water partition coefficient (Wildman–Crippen LogP) is 3.71. The van der Waals surface area contributed by atoms with E-state index in [2.05, 4.69) is 34.3 Å². The molecule has 2 aromatic carbocycles. The Morgan fingerprint density at radius 2 is 1.73 bits per heavy atom. The van der Waals surface area contributed by atoms with E-state index < -0.39 is 0 Å². The van der Waals surface area contributed by atoms with Crippen LogP contribution in [0.4, 0.5) is 5.69 Å². The highest BCUT2D eigenvalue weighted by molar-refractivity contribution is 7.99. The summed E-state index contributed by atoms with van der Waals surface area (Å²) in [6, 6.07) is 22.2. The van der Waals surface area contributed by atoms with E-state index in [1.165, 1.54) is 15.1 Å². The summed E-state index contributed by atoms with van der Waals surface area (Å²) in [4.78, 5) is 15.6. The van der Waals surface area contributed by atoms with Gasteiger partial charge in [-0.15, -0.1) is 11.8 Å². The third-order valence-electron chi connectivity index (χ3n) is 4.19. The molecule has 0 bridgehead atoms. The van der Waals surface area contributed by atoms with Crippen molar-refractivity contribution in [2.45, 2.75) is 17.9 Å². The average molecular weight is 366 g/mol. The van der Waals surface area contributed by atoms with Crippen molar-refractivity contribution in [2.75, 3.05) is 24.2 Å². The number of nitrogens with zero attached hydrogens (tertiary/aromatic N) is 3. The molecule has 0 spiro atoms. The number of hydrogen-bond acceptors (Lipinski definition) is 4. The van der Waals surface area contributed by atoms with Crippen LogP contribution in [0.2, 0.25) is 0 Å². The maximum atomic E-state index is 12.3. The largest absolute Gasteiger partial charge is 0.373 e. The van der Waals surface area contributed by atoms with Gasteiger partial charge in [0.15, 0.2) is 0 Å². The number of anilines is 1. The minimum atomic E-state index is -0.0530. The molecule has 0 aliphatic heterocycles. The first-order valence-corrected chi connectivity index (χ1v) is 9.71. The van der Waals surface area contributed by atoms with Crippen LogP contribution in [-0.4, -0.2) is 29.1 Å². The maximum absolute atomic E-state index is 12.3. The molecular formula is C21H23N3OS. The summed E-state index contributed by atoms with van der Waals surface area (Å²) in [6.45, 7) is 1.45. The Balaban J connectivity index is 1.54. The van der Waals surface area contributed by atoms with Gasteiger partial charge >= 0.3 is 0 Å². The molecule has 5 heteroatoms. The Morgan fingerprint density at radius 3 is 2.42 bits per heavy atom. The molecule has 0 N–H and O–H groups in total. The highest BCUT2D eigenvalue weighted by Gasteiger charge is 2.05. The van der Waals surface area contributed by atoms with E-state index in [9.17, 15) is 4.79 Å². The Kier molecular flexibility index (Phi) is 6.50. The molecule has 3 aromatic rings. The number of thioether (sulfide) groups is 1. The van der Waals surface area contributed by atoms with Crippen molar-refractivity contribution in [3.05, 3.63) is 88.8 Å². The lowest BCUT2D eigenvalue weighted by Gasteiger charge is -2.19. The SMILES string of the molecule is CN(CCc1ccccc1)c1cnn(CCSc2ccccc2)c(=O)c1. The van der Waals surface area contributed by atoms with Crippen molar-refractivity contribution in [2.24, 2.45) is 0 Å². The van der Waals surface area contributed by atoms with E-state index in [4.69, 9.17) is 0 Å². The van der Waals surface area contributed by atoms with E-state index in [1.54, 1.807) is 24.0 Å². The Bertz CT molecular complexity index is 865. The first kappa shape index (κ1) is 18.3. The van der Waals surface area contributed by atoms with Crippen molar-refractivity contribution >= 4 is 17.4 Å². The topological polar surface area (TPSA) is 38.1 Å². The molecule has 0 atom stereocenters. The van der Waals surface area contributed by atoms with E-state index in [1.807, 2.05) is 43.4 Å². The van der Waals surface area contributed by atoms with Gasteiger partial charge in [0.1, 0.15) is 0 Å². The Hall–Kier alpha value is -2.53. The van der Waals surface area contributed by atoms with Crippen molar-refractivity contribution in [1.29, 1.82) is 0 Å². The first-order valence-electron chi connectivity index (χ1n) is 8.72. The van der Waals surface area contributed by atoms with Gasteiger partial charge in [-0.25, -0.2) is 4.68 Å². The van der Waals surface area contributed by atoms with Gasteiger partial charge in [-0.2, -0.15) is 5.10 Å². The summed E-state index contributed by atoms with van der Waals surface area (Å²) in [7, 11) is 2.00. The van der Waals surface area contributed by atoms with Crippen molar-refractivity contribution in [3.63, 3.8) is 0 Å². The molecule has 3 rings (SSSR count). The minimum Gasteiger partial charge on any atom is -0.373 e. The fraction of sp³-hybridized carbons (Fsp3) is 0.238. The quantitative estimate of drug-likeness (QED) is 0.570. The predicted molar refractivity (Wildman–Crippen MR) is 109 cm³/mol. The van der Waals surface area contributed by atoms with Gasteiger partial charge < -0.3 is 4.90 Å². The molecule has 0 saturated carbocycles. The second kappa shape index (κ2) is 9.25. The van der Waals surface area contributed by atoms with Crippen LogP contribution < -0.4 is 10.5 Å². The summed E-state index contributed by atoms with van der Waals surface area (Å²) in [5.41, 5.74) is 2.10. The van der Waals surface area contributed by atoms with E-state index >= 15 is 0 Å². The molecule has 0 amide bonds. The smallest absolute Gasteiger partial charge is 0.268 e. The van der Waals surface area contributed by atoms with Gasteiger partial charge in [0.2, 0.25) is 0 Å². The third kappa shape index (κ3) is 5.23. The van der Waals surface area contributed by atoms with Crippen molar-refractivity contribution in [3.8, 4) is 0 Å². The van der Waals surface area contributed by atoms with Crippen LogP contribution in [0.3, 0.4) is 0 Å². The molecule has 134 valence electrons. The first-order chi connectivity index (χ1) is 12.7. The lowest BCUT2D eigenvalue weighted by atomic mass is 10.1. The van der Waals surface area contributed by atoms with Crippen LogP contribution in [-0.2, 0) is 13.0 Å². The second-order valence-electron chi connectivity index (χ2n) is 6.09. The summed E-state index contributed by atoms with van der Waals surface area (Å²) in [5, 5.41) is 4.33. The highest BCUT2D eigenvalue weighted by atomic mass is 32.2. The van der Waals surface area contributed by atoms with E-state index in [-0.39, 0.29) is 5.56 Å². The molecule has 0 fully saturated rings. The number of rotatable bonds is 8. The van der Waals surface area contributed by atoms with Gasteiger partial charge in [0.05, 0.1) is 18.4 Å². The number of hydrogen-bond donors (Lipinski definition) is 0. The Morgan fingerprint density at radius 1 is 1.04 bits per heavy atom. The number of aromatic nitrogens is 2. The molecule has 1 heterocycles. The third-order valence-corrected chi connectivity index (χ3v) is 5.18. The molecule has 26 heavy (non-hydrogen) atoms. The van der Waals surface area contributed by atoms with Gasteiger partial charge in [-0.1, -0.05) is 48.5 Å². The van der Waals surface area contributed by atoms with E-state index in [0.717, 1.165) is 24.4 Å². The molecule has 0 aliphatic carbocycles. The molecule has 4 nitrogen and oxygen atoms in total. The van der Waals surface area contributed by atoms with E-state index in [0.29, 0.717) is 6.54 Å². The second-order valence-corrected chi connectivity index (χ2v) is 7.26. The molecular weight excluding hydrogens is 342 g/mol. The van der Waals surface area contributed by atoms with Crippen molar-refractivity contribution in [1.82, 2.24) is 9.78 Å². The van der Waals surface area contributed by atoms with Crippen molar-refractivity contribution < 1.29 is 0 Å². The molecule has 0 unspecified atom stereocenters. The lowest BCUT2D eigenvalue weighted by Crippen LogP contribution is -2.27. The molecule has 0 saturated heterocycles. The Labute approximate surface area is 158 Å². The summed E-state index contributed by atoms with van der Waals surface area (Å²) in [5.74, 6) is 0.820. The van der Waals surface area contributed by atoms with Crippen LogP contribution in [0.5, 0.6) is 0 Å². The molecule has 1 aromatic heterocycles. The zero-order valence-corrected chi connectivity index (χ0v) is 15.7. The lowest BCUT2D eigenvalue weighted by molar-refractivity contribution is 0.619. The van der Waals surface area contributed by atoms with Gasteiger partial charge in [0, 0.05) is 30.3 Å². The number of likely N-dealkylation sites (N-methyl/N-ethyl adjacent to an activating group) is 1.